The third kappa shape index (κ3) is 4.84. The third-order valence-electron chi connectivity index (χ3n) is 5.99. The number of piperidine rings is 1. The number of carbonyl (C=O) groups excluding carboxylic acids is 1. The Kier molecular flexibility index (Phi) is 6.30. The first kappa shape index (κ1) is 22.0. The number of halogens is 2. The van der Waals surface area contributed by atoms with Gasteiger partial charge in [-0.1, -0.05) is 6.07 Å². The van der Waals surface area contributed by atoms with Crippen molar-refractivity contribution >= 4 is 5.91 Å². The highest BCUT2D eigenvalue weighted by molar-refractivity contribution is 5.76. The van der Waals surface area contributed by atoms with Crippen molar-refractivity contribution in [1.29, 1.82) is 0 Å². The van der Waals surface area contributed by atoms with E-state index in [1.54, 1.807) is 4.68 Å². The van der Waals surface area contributed by atoms with Crippen LogP contribution in [0.4, 0.5) is 8.78 Å². The molecule has 0 radical (unpaired) electrons. The standard InChI is InChI=1S/C24H27F2N5O/c1-15-11-18(12-20-21(25)5-4-6-22(20)26)13-23(27-15)19-7-9-30(10-8-19)24(32)14-31-17(3)28-16(2)29-31/h4-6,11,13,19H,7-10,12,14H2,1-3H3. The van der Waals surface area contributed by atoms with Gasteiger partial charge in [0, 0.05) is 42.4 Å². The zero-order valence-electron chi connectivity index (χ0n) is 18.6. The number of pyridine rings is 1. The smallest absolute Gasteiger partial charge is 0.244 e. The Labute approximate surface area is 186 Å². The van der Waals surface area contributed by atoms with Crippen molar-refractivity contribution in [2.24, 2.45) is 0 Å². The van der Waals surface area contributed by atoms with Crippen LogP contribution in [0.3, 0.4) is 0 Å². The molecule has 1 aliphatic rings. The maximum atomic E-state index is 14.1. The van der Waals surface area contributed by atoms with Crippen molar-refractivity contribution in [3.8, 4) is 0 Å². The molecule has 1 aromatic carbocycles. The van der Waals surface area contributed by atoms with Crippen molar-refractivity contribution < 1.29 is 13.6 Å². The maximum absolute atomic E-state index is 14.1. The van der Waals surface area contributed by atoms with Gasteiger partial charge < -0.3 is 4.90 Å². The molecular weight excluding hydrogens is 412 g/mol. The lowest BCUT2D eigenvalue weighted by molar-refractivity contribution is -0.133. The normalized spacial score (nSPS) is 14.7. The molecule has 0 bridgehead atoms. The molecule has 0 spiro atoms. The number of rotatable bonds is 5. The molecule has 3 aromatic rings. The summed E-state index contributed by atoms with van der Waals surface area (Å²) in [5, 5.41) is 4.27. The molecule has 1 fully saturated rings. The van der Waals surface area contributed by atoms with Gasteiger partial charge in [-0.05, 0) is 63.4 Å². The van der Waals surface area contributed by atoms with E-state index in [0.29, 0.717) is 18.9 Å². The summed E-state index contributed by atoms with van der Waals surface area (Å²) < 4.78 is 29.8. The minimum absolute atomic E-state index is 0.0318. The molecule has 3 heterocycles. The Morgan fingerprint density at radius 2 is 1.75 bits per heavy atom. The predicted molar refractivity (Wildman–Crippen MR) is 116 cm³/mol. The van der Waals surface area contributed by atoms with Crippen LogP contribution in [0.2, 0.25) is 0 Å². The molecule has 6 nitrogen and oxygen atoms in total. The van der Waals surface area contributed by atoms with E-state index in [9.17, 15) is 13.6 Å². The van der Waals surface area contributed by atoms with Crippen LogP contribution in [-0.4, -0.2) is 43.6 Å². The van der Waals surface area contributed by atoms with Gasteiger partial charge in [0.1, 0.15) is 29.8 Å². The molecule has 32 heavy (non-hydrogen) atoms. The summed E-state index contributed by atoms with van der Waals surface area (Å²) in [7, 11) is 0. The summed E-state index contributed by atoms with van der Waals surface area (Å²) in [4.78, 5) is 23.5. The van der Waals surface area contributed by atoms with Gasteiger partial charge in [0.2, 0.25) is 5.91 Å². The van der Waals surface area contributed by atoms with E-state index < -0.39 is 11.6 Å². The van der Waals surface area contributed by atoms with Gasteiger partial charge in [0.25, 0.3) is 0 Å². The Hall–Kier alpha value is -3.16. The van der Waals surface area contributed by atoms with Gasteiger partial charge in [-0.25, -0.2) is 18.4 Å². The lowest BCUT2D eigenvalue weighted by atomic mass is 9.91. The van der Waals surface area contributed by atoms with Crippen LogP contribution in [0, 0.1) is 32.4 Å². The number of nitrogens with zero attached hydrogens (tertiary/aromatic N) is 5. The molecule has 0 saturated carbocycles. The van der Waals surface area contributed by atoms with Crippen LogP contribution in [-0.2, 0) is 17.8 Å². The second-order valence-corrected chi connectivity index (χ2v) is 8.44. The van der Waals surface area contributed by atoms with Crippen LogP contribution >= 0.6 is 0 Å². The van der Waals surface area contributed by atoms with Gasteiger partial charge >= 0.3 is 0 Å². The van der Waals surface area contributed by atoms with Crippen LogP contribution in [0.1, 0.15) is 52.9 Å². The van der Waals surface area contributed by atoms with Crippen molar-refractivity contribution in [2.45, 2.75) is 52.5 Å². The number of aryl methyl sites for hydroxylation is 3. The number of amides is 1. The zero-order valence-corrected chi connectivity index (χ0v) is 18.6. The zero-order chi connectivity index (χ0) is 22.8. The SMILES string of the molecule is Cc1cc(Cc2c(F)cccc2F)cc(C2CCN(C(=O)Cn3nc(C)nc3C)CC2)n1. The molecule has 2 aromatic heterocycles. The van der Waals surface area contributed by atoms with E-state index in [2.05, 4.69) is 15.1 Å². The highest BCUT2D eigenvalue weighted by Gasteiger charge is 2.26. The lowest BCUT2D eigenvalue weighted by Gasteiger charge is -2.32. The number of benzene rings is 1. The van der Waals surface area contributed by atoms with Crippen molar-refractivity contribution in [1.82, 2.24) is 24.6 Å². The molecule has 4 rings (SSSR count). The minimum atomic E-state index is -0.536. The van der Waals surface area contributed by atoms with Crippen LogP contribution in [0.5, 0.6) is 0 Å². The maximum Gasteiger partial charge on any atom is 0.244 e. The van der Waals surface area contributed by atoms with Crippen molar-refractivity contribution in [3.63, 3.8) is 0 Å². The van der Waals surface area contributed by atoms with Gasteiger partial charge in [-0.2, -0.15) is 5.10 Å². The fraction of sp³-hybridized carbons (Fsp3) is 0.417. The molecule has 1 aliphatic heterocycles. The number of hydrogen-bond donors (Lipinski definition) is 0. The number of hydrogen-bond acceptors (Lipinski definition) is 4. The number of likely N-dealkylation sites (tertiary alicyclic amines) is 1. The first-order valence-electron chi connectivity index (χ1n) is 10.9. The quantitative estimate of drug-likeness (QED) is 0.605. The Bertz CT molecular complexity index is 1120. The van der Waals surface area contributed by atoms with Crippen LogP contribution in [0.15, 0.2) is 30.3 Å². The fourth-order valence-corrected chi connectivity index (χ4v) is 4.35. The predicted octanol–water partition coefficient (Wildman–Crippen LogP) is 3.87. The van der Waals surface area contributed by atoms with Crippen molar-refractivity contribution in [2.75, 3.05) is 13.1 Å². The molecular formula is C24H27F2N5O. The summed E-state index contributed by atoms with van der Waals surface area (Å²) in [5.41, 5.74) is 2.66. The minimum Gasteiger partial charge on any atom is -0.341 e. The summed E-state index contributed by atoms with van der Waals surface area (Å²) in [5.74, 6) is 0.554. The van der Waals surface area contributed by atoms with E-state index >= 15 is 0 Å². The second kappa shape index (κ2) is 9.14. The van der Waals surface area contributed by atoms with Crippen molar-refractivity contribution in [3.05, 3.63) is 76.1 Å². The van der Waals surface area contributed by atoms with Gasteiger partial charge in [-0.3, -0.25) is 9.78 Å². The highest BCUT2D eigenvalue weighted by atomic mass is 19.1. The average molecular weight is 440 g/mol. The molecule has 0 unspecified atom stereocenters. The fourth-order valence-electron chi connectivity index (χ4n) is 4.35. The first-order valence-corrected chi connectivity index (χ1v) is 10.9. The van der Waals surface area contributed by atoms with E-state index in [0.717, 1.165) is 35.6 Å². The summed E-state index contributed by atoms with van der Waals surface area (Å²) in [6.07, 6.45) is 1.78. The van der Waals surface area contributed by atoms with E-state index in [4.69, 9.17) is 0 Å². The van der Waals surface area contributed by atoms with E-state index in [1.165, 1.54) is 18.2 Å². The Morgan fingerprint density at radius 1 is 1.06 bits per heavy atom. The van der Waals surface area contributed by atoms with E-state index in [-0.39, 0.29) is 30.4 Å². The summed E-state index contributed by atoms with van der Waals surface area (Å²) in [6, 6.07) is 7.75. The Morgan fingerprint density at radius 3 is 2.38 bits per heavy atom. The molecule has 1 saturated heterocycles. The molecule has 0 atom stereocenters. The number of aromatic nitrogens is 4. The molecule has 8 heteroatoms. The lowest BCUT2D eigenvalue weighted by Crippen LogP contribution is -2.40. The summed E-state index contributed by atoms with van der Waals surface area (Å²) >= 11 is 0. The molecule has 0 aliphatic carbocycles. The topological polar surface area (TPSA) is 63.9 Å². The first-order chi connectivity index (χ1) is 15.3. The molecule has 168 valence electrons. The monoisotopic (exact) mass is 439 g/mol. The summed E-state index contributed by atoms with van der Waals surface area (Å²) in [6.45, 7) is 7.02. The molecule has 0 N–H and O–H groups in total. The molecule has 1 amide bonds. The van der Waals surface area contributed by atoms with Crippen LogP contribution in [0.25, 0.3) is 0 Å². The van der Waals surface area contributed by atoms with Gasteiger partial charge in [-0.15, -0.1) is 0 Å². The van der Waals surface area contributed by atoms with Gasteiger partial charge in [0.15, 0.2) is 0 Å². The second-order valence-electron chi connectivity index (χ2n) is 8.44. The average Bonchev–Trinajstić information content (AvgIpc) is 3.07. The third-order valence-corrected chi connectivity index (χ3v) is 5.99. The van der Waals surface area contributed by atoms with Gasteiger partial charge in [0.05, 0.1) is 0 Å². The van der Waals surface area contributed by atoms with Crippen LogP contribution < -0.4 is 0 Å². The van der Waals surface area contributed by atoms with E-state index in [1.807, 2.05) is 37.8 Å². The highest BCUT2D eigenvalue weighted by Crippen LogP contribution is 2.29. The number of carbonyl (C=O) groups is 1. The largest absolute Gasteiger partial charge is 0.341 e. The Balaban J connectivity index is 1.42.